The third kappa shape index (κ3) is 4.51. The highest BCUT2D eigenvalue weighted by Gasteiger charge is 2.14. The van der Waals surface area contributed by atoms with Crippen LogP contribution in [0.3, 0.4) is 0 Å². The minimum atomic E-state index is -0.720. The van der Waals surface area contributed by atoms with Gasteiger partial charge in [0.25, 0.3) is 5.91 Å². The summed E-state index contributed by atoms with van der Waals surface area (Å²) < 4.78 is 4.53. The van der Waals surface area contributed by atoms with E-state index in [1.807, 2.05) is 0 Å². The molecule has 19 heavy (non-hydrogen) atoms. The summed E-state index contributed by atoms with van der Waals surface area (Å²) in [6.07, 6.45) is 0.341. The zero-order valence-corrected chi connectivity index (χ0v) is 10.8. The van der Waals surface area contributed by atoms with Crippen molar-refractivity contribution in [2.45, 2.75) is 19.4 Å². The van der Waals surface area contributed by atoms with E-state index in [4.69, 9.17) is 5.73 Å². The molecule has 0 saturated carbocycles. The molecule has 0 aromatic heterocycles. The number of nitrogens with one attached hydrogen (secondary N) is 1. The molecule has 0 bridgehead atoms. The fourth-order valence-corrected chi connectivity index (χ4v) is 1.43. The summed E-state index contributed by atoms with van der Waals surface area (Å²) in [5.74, 6) is -1.70. The number of anilines is 1. The summed E-state index contributed by atoms with van der Waals surface area (Å²) in [6, 6.07) is 6.00. The molecule has 1 rings (SSSR count). The largest absolute Gasteiger partial charge is 0.468 e. The summed E-state index contributed by atoms with van der Waals surface area (Å²) in [5, 5.41) is 2.44. The van der Waals surface area contributed by atoms with Crippen molar-refractivity contribution in [1.82, 2.24) is 0 Å². The number of methoxy groups -OCH3 is 1. The normalized spacial score (nSPS) is 11.5. The minimum absolute atomic E-state index is 0.341. The maximum atomic E-state index is 11.2. The van der Waals surface area contributed by atoms with Crippen LogP contribution in [0.15, 0.2) is 24.3 Å². The second-order valence-corrected chi connectivity index (χ2v) is 4.04. The maximum absolute atomic E-state index is 11.2. The molecule has 0 heterocycles. The van der Waals surface area contributed by atoms with Crippen molar-refractivity contribution in [2.24, 2.45) is 5.73 Å². The number of Topliss-reactive ketones (excluding diaryl/α,β-unsaturated/α-hetero) is 1. The first kappa shape index (κ1) is 14.8. The van der Waals surface area contributed by atoms with Crippen LogP contribution in [0.2, 0.25) is 0 Å². The average Bonchev–Trinajstić information content (AvgIpc) is 2.39. The lowest BCUT2D eigenvalue weighted by Gasteiger charge is -2.09. The van der Waals surface area contributed by atoms with E-state index in [9.17, 15) is 14.4 Å². The number of rotatable bonds is 5. The van der Waals surface area contributed by atoms with Gasteiger partial charge in [0.05, 0.1) is 7.11 Å². The van der Waals surface area contributed by atoms with E-state index < -0.39 is 23.7 Å². The van der Waals surface area contributed by atoms with Crippen LogP contribution < -0.4 is 11.1 Å². The molecule has 1 aromatic carbocycles. The molecular weight excluding hydrogens is 248 g/mol. The highest BCUT2D eigenvalue weighted by molar-refractivity contribution is 6.39. The molecule has 1 atom stereocenters. The maximum Gasteiger partial charge on any atom is 0.322 e. The Balaban J connectivity index is 2.64. The number of ether oxygens (including phenoxy) is 1. The zero-order valence-electron chi connectivity index (χ0n) is 10.8. The Bertz CT molecular complexity index is 482. The van der Waals surface area contributed by atoms with Gasteiger partial charge in [-0.3, -0.25) is 14.4 Å². The molecule has 0 spiro atoms. The summed E-state index contributed by atoms with van der Waals surface area (Å²) in [6.45, 7) is 1.19. The van der Waals surface area contributed by atoms with Gasteiger partial charge in [0, 0.05) is 12.6 Å². The van der Waals surface area contributed by atoms with E-state index in [1.54, 1.807) is 24.3 Å². The lowest BCUT2D eigenvalue weighted by molar-refractivity contribution is -0.142. The summed E-state index contributed by atoms with van der Waals surface area (Å²) in [4.78, 5) is 33.1. The van der Waals surface area contributed by atoms with Gasteiger partial charge in [0.1, 0.15) is 6.04 Å². The molecule has 0 aliphatic rings. The lowest BCUT2D eigenvalue weighted by Crippen LogP contribution is -2.33. The average molecular weight is 264 g/mol. The van der Waals surface area contributed by atoms with Gasteiger partial charge in [-0.1, -0.05) is 12.1 Å². The van der Waals surface area contributed by atoms with E-state index in [-0.39, 0.29) is 0 Å². The number of benzene rings is 1. The molecule has 6 heteroatoms. The quantitative estimate of drug-likeness (QED) is 0.587. The molecule has 3 N–H and O–H groups in total. The summed E-state index contributed by atoms with van der Waals surface area (Å²) in [7, 11) is 1.28. The Morgan fingerprint density at radius 3 is 2.32 bits per heavy atom. The molecule has 0 aliphatic heterocycles. The van der Waals surface area contributed by atoms with Gasteiger partial charge in [0.15, 0.2) is 0 Å². The van der Waals surface area contributed by atoms with E-state index in [0.717, 1.165) is 5.56 Å². The van der Waals surface area contributed by atoms with E-state index in [0.29, 0.717) is 12.1 Å². The van der Waals surface area contributed by atoms with Crippen molar-refractivity contribution in [3.05, 3.63) is 29.8 Å². The number of nitrogens with two attached hydrogens (primary N) is 1. The Morgan fingerprint density at radius 1 is 1.26 bits per heavy atom. The van der Waals surface area contributed by atoms with E-state index in [1.165, 1.54) is 14.0 Å². The van der Waals surface area contributed by atoms with Crippen molar-refractivity contribution in [2.75, 3.05) is 12.4 Å². The number of amides is 1. The molecule has 0 aliphatic carbocycles. The fraction of sp³-hybridized carbons (Fsp3) is 0.308. The molecule has 0 unspecified atom stereocenters. The Hall–Kier alpha value is -2.21. The molecule has 0 saturated heterocycles. The summed E-state index contributed by atoms with van der Waals surface area (Å²) >= 11 is 0. The lowest BCUT2D eigenvalue weighted by atomic mass is 10.1. The van der Waals surface area contributed by atoms with Crippen molar-refractivity contribution >= 4 is 23.3 Å². The van der Waals surface area contributed by atoms with Crippen molar-refractivity contribution < 1.29 is 19.1 Å². The fourth-order valence-electron chi connectivity index (χ4n) is 1.43. The molecule has 1 aromatic rings. The van der Waals surface area contributed by atoms with Gasteiger partial charge >= 0.3 is 5.97 Å². The number of hydrogen-bond acceptors (Lipinski definition) is 5. The Morgan fingerprint density at radius 2 is 1.84 bits per heavy atom. The van der Waals surface area contributed by atoms with Crippen LogP contribution in [0.25, 0.3) is 0 Å². The second kappa shape index (κ2) is 6.65. The third-order valence-electron chi connectivity index (χ3n) is 2.49. The Labute approximate surface area is 110 Å². The summed E-state index contributed by atoms with van der Waals surface area (Å²) in [5.41, 5.74) is 6.97. The molecule has 0 radical (unpaired) electrons. The number of carbonyl (C=O) groups excluding carboxylic acids is 3. The smallest absolute Gasteiger partial charge is 0.322 e. The van der Waals surface area contributed by atoms with Crippen LogP contribution in [-0.4, -0.2) is 30.8 Å². The number of hydrogen-bond donors (Lipinski definition) is 2. The first-order valence-electron chi connectivity index (χ1n) is 5.68. The van der Waals surface area contributed by atoms with Gasteiger partial charge in [-0.2, -0.15) is 0 Å². The van der Waals surface area contributed by atoms with Gasteiger partial charge in [-0.25, -0.2) is 0 Å². The topological polar surface area (TPSA) is 98.5 Å². The van der Waals surface area contributed by atoms with E-state index >= 15 is 0 Å². The second-order valence-electron chi connectivity index (χ2n) is 4.04. The van der Waals surface area contributed by atoms with Crippen LogP contribution in [0.4, 0.5) is 5.69 Å². The van der Waals surface area contributed by atoms with Crippen molar-refractivity contribution in [1.29, 1.82) is 0 Å². The molecular formula is C13H16N2O4. The number of esters is 1. The standard InChI is InChI=1S/C13H16N2O4/c1-8(16)12(17)15-10-5-3-9(4-6-10)7-11(14)13(18)19-2/h3-6,11H,7,14H2,1-2H3,(H,15,17)/t11-/m0/s1. The van der Waals surface area contributed by atoms with Crippen molar-refractivity contribution in [3.63, 3.8) is 0 Å². The molecule has 1 amide bonds. The minimum Gasteiger partial charge on any atom is -0.468 e. The Kier molecular flexibility index (Phi) is 5.20. The SMILES string of the molecule is COC(=O)[C@@H](N)Cc1ccc(NC(=O)C(C)=O)cc1. The molecule has 102 valence electrons. The third-order valence-corrected chi connectivity index (χ3v) is 2.49. The predicted octanol–water partition coefficient (Wildman–Crippen LogP) is 0.257. The van der Waals surface area contributed by atoms with Gasteiger partial charge in [0.2, 0.25) is 5.78 Å². The number of carbonyl (C=O) groups is 3. The highest BCUT2D eigenvalue weighted by atomic mass is 16.5. The monoisotopic (exact) mass is 264 g/mol. The van der Waals surface area contributed by atoms with Crippen molar-refractivity contribution in [3.8, 4) is 0 Å². The predicted molar refractivity (Wildman–Crippen MR) is 69.4 cm³/mol. The first-order valence-corrected chi connectivity index (χ1v) is 5.68. The van der Waals surface area contributed by atoms with Gasteiger partial charge < -0.3 is 15.8 Å². The van der Waals surface area contributed by atoms with Crippen LogP contribution in [-0.2, 0) is 25.5 Å². The highest BCUT2D eigenvalue weighted by Crippen LogP contribution is 2.11. The molecule has 0 fully saturated rings. The van der Waals surface area contributed by atoms with Gasteiger partial charge in [-0.05, 0) is 24.1 Å². The van der Waals surface area contributed by atoms with Crippen LogP contribution >= 0.6 is 0 Å². The van der Waals surface area contributed by atoms with Crippen LogP contribution in [0, 0.1) is 0 Å². The van der Waals surface area contributed by atoms with Crippen LogP contribution in [0.5, 0.6) is 0 Å². The van der Waals surface area contributed by atoms with E-state index in [2.05, 4.69) is 10.1 Å². The first-order chi connectivity index (χ1) is 8.93. The zero-order chi connectivity index (χ0) is 14.4. The van der Waals surface area contributed by atoms with Crippen LogP contribution in [0.1, 0.15) is 12.5 Å². The number of ketones is 1. The molecule has 6 nitrogen and oxygen atoms in total. The van der Waals surface area contributed by atoms with Gasteiger partial charge in [-0.15, -0.1) is 0 Å².